The fourth-order valence-corrected chi connectivity index (χ4v) is 2.76. The molecule has 0 radical (unpaired) electrons. The van der Waals surface area contributed by atoms with E-state index < -0.39 is 0 Å². The third kappa shape index (κ3) is 3.80. The molecule has 2 heterocycles. The molecule has 0 saturated carbocycles. The molecule has 124 valence electrons. The van der Waals surface area contributed by atoms with Gasteiger partial charge >= 0.3 is 0 Å². The van der Waals surface area contributed by atoms with Gasteiger partial charge in [-0.05, 0) is 37.4 Å². The number of nitrogens with zero attached hydrogens (tertiary/aromatic N) is 2. The van der Waals surface area contributed by atoms with Gasteiger partial charge in [-0.15, -0.1) is 11.3 Å². The molecule has 7 heteroatoms. The highest BCUT2D eigenvalue weighted by atomic mass is 32.1. The van der Waals surface area contributed by atoms with Crippen molar-refractivity contribution >= 4 is 17.2 Å². The van der Waals surface area contributed by atoms with Gasteiger partial charge in [-0.1, -0.05) is 23.4 Å². The van der Waals surface area contributed by atoms with Crippen LogP contribution in [-0.2, 0) is 4.79 Å². The predicted molar refractivity (Wildman–Crippen MR) is 91.8 cm³/mol. The Bertz CT molecular complexity index is 812. The number of hydrogen-bond acceptors (Lipinski definition) is 6. The molecule has 1 aromatic carbocycles. The fraction of sp³-hybridized carbons (Fsp3) is 0.235. The Morgan fingerprint density at radius 2 is 2.12 bits per heavy atom. The van der Waals surface area contributed by atoms with Crippen molar-refractivity contribution in [2.75, 3.05) is 6.61 Å². The molecule has 24 heavy (non-hydrogen) atoms. The summed E-state index contributed by atoms with van der Waals surface area (Å²) in [5, 5.41) is 8.75. The lowest BCUT2D eigenvalue weighted by Crippen LogP contribution is -2.34. The highest BCUT2D eigenvalue weighted by Gasteiger charge is 2.15. The molecule has 0 unspecified atom stereocenters. The van der Waals surface area contributed by atoms with Gasteiger partial charge in [0.1, 0.15) is 5.75 Å². The molecule has 0 bridgehead atoms. The molecular weight excluding hydrogens is 326 g/mol. The van der Waals surface area contributed by atoms with Gasteiger partial charge in [-0.25, -0.2) is 0 Å². The lowest BCUT2D eigenvalue weighted by molar-refractivity contribution is -0.123. The molecule has 0 fully saturated rings. The zero-order valence-electron chi connectivity index (χ0n) is 13.4. The van der Waals surface area contributed by atoms with Crippen LogP contribution in [-0.4, -0.2) is 28.7 Å². The van der Waals surface area contributed by atoms with E-state index in [9.17, 15) is 4.79 Å². The monoisotopic (exact) mass is 343 g/mol. The third-order valence-electron chi connectivity index (χ3n) is 3.09. The summed E-state index contributed by atoms with van der Waals surface area (Å²) in [7, 11) is 0. The summed E-state index contributed by atoms with van der Waals surface area (Å²) in [4.78, 5) is 17.1. The van der Waals surface area contributed by atoms with E-state index in [1.54, 1.807) is 6.07 Å². The Hall–Kier alpha value is -2.67. The van der Waals surface area contributed by atoms with E-state index in [-0.39, 0.29) is 18.6 Å². The van der Waals surface area contributed by atoms with Crippen molar-refractivity contribution < 1.29 is 14.1 Å². The summed E-state index contributed by atoms with van der Waals surface area (Å²) in [6.07, 6.45) is 0. The SMILES string of the molecule is CC(C)NC(=O)COc1ccccc1-c1noc(-c2cccs2)n1. The number of amides is 1. The van der Waals surface area contributed by atoms with Crippen LogP contribution in [0.3, 0.4) is 0 Å². The van der Waals surface area contributed by atoms with Crippen LogP contribution >= 0.6 is 11.3 Å². The van der Waals surface area contributed by atoms with Gasteiger partial charge in [-0.2, -0.15) is 4.98 Å². The lowest BCUT2D eigenvalue weighted by Gasteiger charge is -2.11. The van der Waals surface area contributed by atoms with Crippen LogP contribution in [0.1, 0.15) is 13.8 Å². The molecule has 3 rings (SSSR count). The minimum Gasteiger partial charge on any atom is -0.483 e. The van der Waals surface area contributed by atoms with Crippen molar-refractivity contribution in [3.63, 3.8) is 0 Å². The van der Waals surface area contributed by atoms with Gasteiger partial charge in [0.15, 0.2) is 6.61 Å². The second kappa shape index (κ2) is 7.27. The number of para-hydroxylation sites is 1. The molecule has 3 aromatic rings. The number of nitrogens with one attached hydrogen (secondary N) is 1. The molecular formula is C17H17N3O3S. The first-order valence-electron chi connectivity index (χ1n) is 7.52. The molecule has 0 aliphatic heterocycles. The van der Waals surface area contributed by atoms with E-state index >= 15 is 0 Å². The van der Waals surface area contributed by atoms with E-state index in [1.807, 2.05) is 49.6 Å². The topological polar surface area (TPSA) is 77.2 Å². The Balaban J connectivity index is 1.78. The van der Waals surface area contributed by atoms with Crippen LogP contribution in [0, 0.1) is 0 Å². The largest absolute Gasteiger partial charge is 0.483 e. The number of rotatable bonds is 6. The molecule has 6 nitrogen and oxygen atoms in total. The number of thiophene rings is 1. The van der Waals surface area contributed by atoms with Crippen LogP contribution in [0.2, 0.25) is 0 Å². The van der Waals surface area contributed by atoms with Crippen molar-refractivity contribution in [2.45, 2.75) is 19.9 Å². The van der Waals surface area contributed by atoms with Crippen molar-refractivity contribution in [1.29, 1.82) is 0 Å². The van der Waals surface area contributed by atoms with Gasteiger partial charge in [0, 0.05) is 6.04 Å². The normalized spacial score (nSPS) is 10.8. The Kier molecular flexibility index (Phi) is 4.90. The zero-order chi connectivity index (χ0) is 16.9. The molecule has 2 aromatic heterocycles. The number of ether oxygens (including phenoxy) is 1. The molecule has 0 atom stereocenters. The van der Waals surface area contributed by atoms with Gasteiger partial charge in [0.05, 0.1) is 10.4 Å². The maximum atomic E-state index is 11.7. The first kappa shape index (κ1) is 16.2. The van der Waals surface area contributed by atoms with Crippen molar-refractivity contribution in [3.05, 3.63) is 41.8 Å². The zero-order valence-corrected chi connectivity index (χ0v) is 14.2. The summed E-state index contributed by atoms with van der Waals surface area (Å²) >= 11 is 1.53. The van der Waals surface area contributed by atoms with Crippen LogP contribution < -0.4 is 10.1 Å². The first-order valence-corrected chi connectivity index (χ1v) is 8.40. The van der Waals surface area contributed by atoms with E-state index in [0.717, 1.165) is 4.88 Å². The third-order valence-corrected chi connectivity index (χ3v) is 3.95. The quantitative estimate of drug-likeness (QED) is 0.742. The number of hydrogen-bond donors (Lipinski definition) is 1. The second-order valence-corrected chi connectivity index (χ2v) is 6.36. The van der Waals surface area contributed by atoms with Crippen molar-refractivity contribution in [2.24, 2.45) is 0 Å². The summed E-state index contributed by atoms with van der Waals surface area (Å²) in [5.41, 5.74) is 0.682. The highest BCUT2D eigenvalue weighted by molar-refractivity contribution is 7.13. The number of carbonyl (C=O) groups excluding carboxylic acids is 1. The Labute approximate surface area is 143 Å². The summed E-state index contributed by atoms with van der Waals surface area (Å²) in [5.74, 6) is 1.26. The Morgan fingerprint density at radius 3 is 2.88 bits per heavy atom. The molecule has 0 aliphatic rings. The average molecular weight is 343 g/mol. The highest BCUT2D eigenvalue weighted by Crippen LogP contribution is 2.30. The van der Waals surface area contributed by atoms with Crippen molar-refractivity contribution in [1.82, 2.24) is 15.5 Å². The number of benzene rings is 1. The van der Waals surface area contributed by atoms with E-state index in [4.69, 9.17) is 9.26 Å². The summed E-state index contributed by atoms with van der Waals surface area (Å²) < 4.78 is 10.9. The van der Waals surface area contributed by atoms with Crippen LogP contribution in [0.25, 0.3) is 22.2 Å². The molecule has 1 amide bonds. The average Bonchev–Trinajstić information content (AvgIpc) is 3.23. The summed E-state index contributed by atoms with van der Waals surface area (Å²) in [6, 6.07) is 11.2. The smallest absolute Gasteiger partial charge is 0.268 e. The standard InChI is InChI=1S/C17H17N3O3S/c1-11(2)18-15(21)10-22-13-7-4-3-6-12(13)16-19-17(23-20-16)14-8-5-9-24-14/h3-9,11H,10H2,1-2H3,(H,18,21). The minimum absolute atomic E-state index is 0.0647. The molecule has 1 N–H and O–H groups in total. The number of carbonyl (C=O) groups is 1. The summed E-state index contributed by atoms with van der Waals surface area (Å²) in [6.45, 7) is 3.74. The molecule has 0 aliphatic carbocycles. The molecule has 0 spiro atoms. The van der Waals surface area contributed by atoms with Gasteiger partial charge in [0.2, 0.25) is 5.82 Å². The number of aromatic nitrogens is 2. The van der Waals surface area contributed by atoms with Crippen LogP contribution in [0.15, 0.2) is 46.3 Å². The lowest BCUT2D eigenvalue weighted by atomic mass is 10.2. The minimum atomic E-state index is -0.174. The Morgan fingerprint density at radius 1 is 1.29 bits per heavy atom. The maximum Gasteiger partial charge on any atom is 0.268 e. The van der Waals surface area contributed by atoms with Crippen LogP contribution in [0.4, 0.5) is 0 Å². The fourth-order valence-electron chi connectivity index (χ4n) is 2.12. The van der Waals surface area contributed by atoms with Gasteiger partial charge < -0.3 is 14.6 Å². The maximum absolute atomic E-state index is 11.7. The van der Waals surface area contributed by atoms with Gasteiger partial charge in [-0.3, -0.25) is 4.79 Å². The first-order chi connectivity index (χ1) is 11.6. The second-order valence-electron chi connectivity index (χ2n) is 5.41. The van der Waals surface area contributed by atoms with E-state index in [0.29, 0.717) is 23.0 Å². The van der Waals surface area contributed by atoms with Crippen molar-refractivity contribution in [3.8, 4) is 27.9 Å². The van der Waals surface area contributed by atoms with Gasteiger partial charge in [0.25, 0.3) is 11.8 Å². The molecule has 0 saturated heterocycles. The predicted octanol–water partition coefficient (Wildman–Crippen LogP) is 3.37. The van der Waals surface area contributed by atoms with E-state index in [2.05, 4.69) is 15.5 Å². The van der Waals surface area contributed by atoms with Crippen LogP contribution in [0.5, 0.6) is 5.75 Å². The van der Waals surface area contributed by atoms with E-state index in [1.165, 1.54) is 11.3 Å².